The maximum atomic E-state index is 13.1. The van der Waals surface area contributed by atoms with E-state index in [1.807, 2.05) is 0 Å². The summed E-state index contributed by atoms with van der Waals surface area (Å²) in [5.41, 5.74) is 5.49. The normalized spacial score (nSPS) is 15.3. The third-order valence-corrected chi connectivity index (χ3v) is 9.27. The first-order valence-electron chi connectivity index (χ1n) is 10.4. The molecule has 5 nitrogen and oxygen atoms in total. The highest BCUT2D eigenvalue weighted by Gasteiger charge is 2.31. The molecule has 9 heteroatoms. The van der Waals surface area contributed by atoms with Crippen LogP contribution in [0.2, 0.25) is 10.0 Å². The van der Waals surface area contributed by atoms with Crippen LogP contribution in [0.4, 0.5) is 5.13 Å². The van der Waals surface area contributed by atoms with E-state index in [0.717, 1.165) is 17.2 Å². The van der Waals surface area contributed by atoms with Gasteiger partial charge >= 0.3 is 0 Å². The average molecular weight is 511 g/mol. The van der Waals surface area contributed by atoms with Crippen molar-refractivity contribution in [3.63, 3.8) is 0 Å². The lowest BCUT2D eigenvalue weighted by atomic mass is 10.0. The van der Waals surface area contributed by atoms with Crippen LogP contribution in [0.15, 0.2) is 40.6 Å². The Kier molecular flexibility index (Phi) is 6.84. The molecular weight excluding hydrogens is 485 g/mol. The van der Waals surface area contributed by atoms with Gasteiger partial charge < -0.3 is 4.90 Å². The van der Waals surface area contributed by atoms with Gasteiger partial charge in [-0.3, -0.25) is 0 Å². The van der Waals surface area contributed by atoms with Crippen LogP contribution in [0.5, 0.6) is 0 Å². The van der Waals surface area contributed by atoms with Crippen LogP contribution in [0.1, 0.15) is 27.9 Å². The van der Waals surface area contributed by atoms with Crippen LogP contribution >= 0.6 is 34.5 Å². The molecule has 3 aromatic rings. The smallest absolute Gasteiger partial charge is 0.244 e. The Morgan fingerprint density at radius 1 is 0.938 bits per heavy atom. The summed E-state index contributed by atoms with van der Waals surface area (Å²) in [6.07, 6.45) is 0.793. The number of aromatic nitrogens is 1. The summed E-state index contributed by atoms with van der Waals surface area (Å²) in [6.45, 7) is 7.91. The summed E-state index contributed by atoms with van der Waals surface area (Å²) >= 11 is 13.9. The minimum absolute atomic E-state index is 0.111. The van der Waals surface area contributed by atoms with E-state index in [1.54, 1.807) is 24.3 Å². The molecule has 0 unspecified atom stereocenters. The molecule has 32 heavy (non-hydrogen) atoms. The topological polar surface area (TPSA) is 53.5 Å². The maximum Gasteiger partial charge on any atom is 0.244 e. The van der Waals surface area contributed by atoms with E-state index in [2.05, 4.69) is 42.3 Å². The van der Waals surface area contributed by atoms with Crippen molar-refractivity contribution >= 4 is 49.7 Å². The van der Waals surface area contributed by atoms with E-state index in [9.17, 15) is 8.42 Å². The molecule has 1 aromatic heterocycles. The molecule has 2 aromatic carbocycles. The number of anilines is 1. The van der Waals surface area contributed by atoms with Gasteiger partial charge in [0.2, 0.25) is 10.0 Å². The zero-order chi connectivity index (χ0) is 23.0. The predicted octanol–water partition coefficient (Wildman–Crippen LogP) is 5.48. The van der Waals surface area contributed by atoms with E-state index in [0.29, 0.717) is 36.8 Å². The Labute approximate surface area is 203 Å². The fraction of sp³-hybridized carbons (Fsp3) is 0.348. The maximum absolute atomic E-state index is 13.1. The number of benzene rings is 2. The number of hydrogen-bond donors (Lipinski definition) is 0. The van der Waals surface area contributed by atoms with Gasteiger partial charge in [-0.15, -0.1) is 11.3 Å². The van der Waals surface area contributed by atoms with Gasteiger partial charge in [-0.05, 0) is 44.0 Å². The molecule has 4 rings (SSSR count). The molecule has 0 spiro atoms. The summed E-state index contributed by atoms with van der Waals surface area (Å²) in [6, 6.07) is 9.60. The summed E-state index contributed by atoms with van der Waals surface area (Å²) in [5.74, 6) is 0. The van der Waals surface area contributed by atoms with Gasteiger partial charge in [0, 0.05) is 43.0 Å². The molecule has 2 heterocycles. The Morgan fingerprint density at radius 2 is 1.59 bits per heavy atom. The van der Waals surface area contributed by atoms with E-state index in [-0.39, 0.29) is 9.92 Å². The minimum Gasteiger partial charge on any atom is -0.345 e. The summed E-state index contributed by atoms with van der Waals surface area (Å²) < 4.78 is 27.8. The number of hydrogen-bond acceptors (Lipinski definition) is 5. The van der Waals surface area contributed by atoms with Crippen molar-refractivity contribution in [1.82, 2.24) is 9.29 Å². The lowest BCUT2D eigenvalue weighted by Gasteiger charge is -2.34. The van der Waals surface area contributed by atoms with Crippen molar-refractivity contribution < 1.29 is 8.42 Å². The summed E-state index contributed by atoms with van der Waals surface area (Å²) in [4.78, 5) is 7.07. The summed E-state index contributed by atoms with van der Waals surface area (Å²) in [7, 11) is -3.68. The molecular formula is C23H25Cl2N3O2S2. The highest BCUT2D eigenvalue weighted by Crippen LogP contribution is 2.31. The molecule has 0 aliphatic carbocycles. The fourth-order valence-corrected chi connectivity index (χ4v) is 7.10. The molecule has 1 saturated heterocycles. The first-order valence-corrected chi connectivity index (χ1v) is 13.4. The van der Waals surface area contributed by atoms with Gasteiger partial charge in [0.1, 0.15) is 4.90 Å². The Bertz CT molecular complexity index is 1230. The first-order chi connectivity index (χ1) is 15.1. The quantitative estimate of drug-likeness (QED) is 0.457. The van der Waals surface area contributed by atoms with Crippen molar-refractivity contribution in [2.45, 2.75) is 32.1 Å². The minimum atomic E-state index is -3.68. The van der Waals surface area contributed by atoms with Crippen molar-refractivity contribution in [3.8, 4) is 0 Å². The average Bonchev–Trinajstić information content (AvgIpc) is 3.18. The Balaban J connectivity index is 1.43. The van der Waals surface area contributed by atoms with Gasteiger partial charge in [-0.25, -0.2) is 13.4 Å². The largest absolute Gasteiger partial charge is 0.345 e. The molecule has 170 valence electrons. The number of aryl methyl sites for hydroxylation is 3. The molecule has 1 aliphatic heterocycles. The molecule has 0 atom stereocenters. The number of nitrogens with zero attached hydrogens (tertiary/aromatic N) is 3. The van der Waals surface area contributed by atoms with Crippen LogP contribution in [0.3, 0.4) is 0 Å². The molecule has 0 N–H and O–H groups in total. The van der Waals surface area contributed by atoms with E-state index < -0.39 is 10.0 Å². The van der Waals surface area contributed by atoms with E-state index >= 15 is 0 Å². The number of sulfonamides is 1. The fourth-order valence-electron chi connectivity index (χ4n) is 3.99. The molecule has 1 fully saturated rings. The molecule has 0 saturated carbocycles. The molecule has 0 bridgehead atoms. The van der Waals surface area contributed by atoms with Crippen LogP contribution in [0, 0.1) is 20.8 Å². The number of rotatable bonds is 5. The van der Waals surface area contributed by atoms with Gasteiger partial charge in [0.25, 0.3) is 0 Å². The van der Waals surface area contributed by atoms with Gasteiger partial charge in [0.15, 0.2) is 5.13 Å². The lowest BCUT2D eigenvalue weighted by molar-refractivity contribution is 0.384. The second-order valence-corrected chi connectivity index (χ2v) is 11.8. The lowest BCUT2D eigenvalue weighted by Crippen LogP contribution is -2.48. The van der Waals surface area contributed by atoms with Gasteiger partial charge in [-0.1, -0.05) is 52.5 Å². The summed E-state index contributed by atoms with van der Waals surface area (Å²) in [5, 5.41) is 3.63. The zero-order valence-electron chi connectivity index (χ0n) is 18.2. The SMILES string of the molecule is Cc1cc(C)cc(Cc2csc(N3CCN(S(=O)(=O)c4cc(C)c(Cl)cc4Cl)CC3)n2)c1. The van der Waals surface area contributed by atoms with Crippen molar-refractivity contribution in [2.75, 3.05) is 31.1 Å². The molecule has 0 amide bonds. The van der Waals surface area contributed by atoms with E-state index in [1.165, 1.54) is 27.1 Å². The highest BCUT2D eigenvalue weighted by atomic mass is 35.5. The number of halogens is 2. The number of thiazole rings is 1. The van der Waals surface area contributed by atoms with Crippen LogP contribution in [0.25, 0.3) is 0 Å². The number of piperazine rings is 1. The highest BCUT2D eigenvalue weighted by molar-refractivity contribution is 7.89. The van der Waals surface area contributed by atoms with Crippen molar-refractivity contribution in [2.24, 2.45) is 0 Å². The van der Waals surface area contributed by atoms with Gasteiger partial charge in [-0.2, -0.15) is 4.31 Å². The predicted molar refractivity (Wildman–Crippen MR) is 133 cm³/mol. The zero-order valence-corrected chi connectivity index (χ0v) is 21.4. The van der Waals surface area contributed by atoms with Crippen molar-refractivity contribution in [3.05, 3.63) is 73.7 Å². The van der Waals surface area contributed by atoms with Crippen LogP contribution in [-0.4, -0.2) is 43.9 Å². The Hall–Kier alpha value is -1.64. The first kappa shape index (κ1) is 23.5. The monoisotopic (exact) mass is 509 g/mol. The second-order valence-electron chi connectivity index (χ2n) is 8.22. The standard InChI is InChI=1S/C23H25Cl2N3O2S2/c1-15-8-16(2)10-18(9-15)12-19-14-31-23(26-19)27-4-6-28(7-5-27)32(29,30)22-11-17(3)20(24)13-21(22)25/h8-11,13-14H,4-7,12H2,1-3H3. The van der Waals surface area contributed by atoms with Gasteiger partial charge in [0.05, 0.1) is 10.7 Å². The third-order valence-electron chi connectivity index (χ3n) is 5.55. The van der Waals surface area contributed by atoms with E-state index in [4.69, 9.17) is 28.2 Å². The second kappa shape index (κ2) is 9.31. The van der Waals surface area contributed by atoms with Crippen molar-refractivity contribution in [1.29, 1.82) is 0 Å². The Morgan fingerprint density at radius 3 is 2.25 bits per heavy atom. The molecule has 0 radical (unpaired) electrons. The van der Waals surface area contributed by atoms with Crippen LogP contribution in [-0.2, 0) is 16.4 Å². The third kappa shape index (κ3) is 4.97. The molecule has 1 aliphatic rings. The van der Waals surface area contributed by atoms with Crippen LogP contribution < -0.4 is 4.90 Å².